The first-order valence-corrected chi connectivity index (χ1v) is 5.36. The predicted octanol–water partition coefficient (Wildman–Crippen LogP) is 2.45. The molecule has 0 aliphatic rings. The molecule has 1 rings (SSSR count). The molecule has 0 atom stereocenters. The van der Waals surface area contributed by atoms with E-state index in [-0.39, 0.29) is 0 Å². The van der Waals surface area contributed by atoms with Gasteiger partial charge in [-0.1, -0.05) is 0 Å². The summed E-state index contributed by atoms with van der Waals surface area (Å²) >= 11 is 5.67. The number of halogens is 1. The molecule has 0 radical (unpaired) electrons. The molecule has 0 unspecified atom stereocenters. The minimum Gasteiger partial charge on any atom is -0.478 e. The van der Waals surface area contributed by atoms with Gasteiger partial charge < -0.3 is 10.0 Å². The Bertz CT molecular complexity index is 324. The molecule has 3 nitrogen and oxygen atoms in total. The number of benzene rings is 1. The van der Waals surface area contributed by atoms with E-state index in [0.717, 1.165) is 18.8 Å². The standard InChI is InChI=1S/C11H14ClNO2/c1-2-13(8-7-12)10-5-3-9(4-6-10)11(14)15/h3-6H,2,7-8H2,1H3,(H,14,15). The van der Waals surface area contributed by atoms with E-state index in [0.29, 0.717) is 11.4 Å². The average molecular weight is 228 g/mol. The summed E-state index contributed by atoms with van der Waals surface area (Å²) in [5.41, 5.74) is 1.31. The Labute approximate surface area is 94.3 Å². The summed E-state index contributed by atoms with van der Waals surface area (Å²) in [6.45, 7) is 3.67. The molecule has 0 aliphatic carbocycles. The number of nitrogens with zero attached hydrogens (tertiary/aromatic N) is 1. The zero-order valence-electron chi connectivity index (χ0n) is 8.61. The summed E-state index contributed by atoms with van der Waals surface area (Å²) in [5.74, 6) is -0.337. The molecule has 0 heterocycles. The number of carboxylic acids is 1. The van der Waals surface area contributed by atoms with Crippen LogP contribution in [0.15, 0.2) is 24.3 Å². The number of hydrogen-bond acceptors (Lipinski definition) is 2. The van der Waals surface area contributed by atoms with Crippen molar-refractivity contribution in [3.05, 3.63) is 29.8 Å². The number of aromatic carboxylic acids is 1. The lowest BCUT2D eigenvalue weighted by Crippen LogP contribution is -2.24. The molecule has 15 heavy (non-hydrogen) atoms. The largest absolute Gasteiger partial charge is 0.478 e. The fourth-order valence-electron chi connectivity index (χ4n) is 1.39. The maximum atomic E-state index is 10.6. The third kappa shape index (κ3) is 3.13. The molecular weight excluding hydrogens is 214 g/mol. The van der Waals surface area contributed by atoms with Crippen LogP contribution in [0, 0.1) is 0 Å². The second-order valence-electron chi connectivity index (χ2n) is 3.12. The van der Waals surface area contributed by atoms with Gasteiger partial charge in [0.05, 0.1) is 5.56 Å². The summed E-state index contributed by atoms with van der Waals surface area (Å²) in [4.78, 5) is 12.7. The minimum absolute atomic E-state index is 0.306. The fraction of sp³-hybridized carbons (Fsp3) is 0.364. The molecule has 0 aliphatic heterocycles. The van der Waals surface area contributed by atoms with Gasteiger partial charge in [-0.25, -0.2) is 4.79 Å². The molecule has 0 amide bonds. The lowest BCUT2D eigenvalue weighted by Gasteiger charge is -2.21. The Morgan fingerprint density at radius 3 is 2.40 bits per heavy atom. The van der Waals surface area contributed by atoms with Crippen LogP contribution in [0.3, 0.4) is 0 Å². The van der Waals surface area contributed by atoms with Crippen molar-refractivity contribution in [2.45, 2.75) is 6.92 Å². The van der Waals surface area contributed by atoms with Crippen molar-refractivity contribution in [3.8, 4) is 0 Å². The Hall–Kier alpha value is -1.22. The van der Waals surface area contributed by atoms with Crippen LogP contribution in [0.4, 0.5) is 5.69 Å². The second-order valence-corrected chi connectivity index (χ2v) is 3.50. The highest BCUT2D eigenvalue weighted by Crippen LogP contribution is 2.15. The van der Waals surface area contributed by atoms with Gasteiger partial charge in [-0.05, 0) is 31.2 Å². The molecule has 0 aromatic heterocycles. The van der Waals surface area contributed by atoms with Crippen molar-refractivity contribution in [2.75, 3.05) is 23.9 Å². The Kier molecular flexibility index (Phi) is 4.43. The first-order valence-electron chi connectivity index (χ1n) is 4.83. The predicted molar refractivity (Wildman–Crippen MR) is 62.0 cm³/mol. The highest BCUT2D eigenvalue weighted by Gasteiger charge is 2.05. The smallest absolute Gasteiger partial charge is 0.335 e. The van der Waals surface area contributed by atoms with Crippen LogP contribution in [0.2, 0.25) is 0 Å². The van der Waals surface area contributed by atoms with Crippen molar-refractivity contribution in [3.63, 3.8) is 0 Å². The van der Waals surface area contributed by atoms with Gasteiger partial charge in [0.1, 0.15) is 0 Å². The molecule has 0 saturated carbocycles. The zero-order valence-corrected chi connectivity index (χ0v) is 9.37. The van der Waals surface area contributed by atoms with E-state index < -0.39 is 5.97 Å². The number of carbonyl (C=O) groups is 1. The minimum atomic E-state index is -0.901. The average Bonchev–Trinajstić information content (AvgIpc) is 2.26. The van der Waals surface area contributed by atoms with Gasteiger partial charge in [-0.2, -0.15) is 0 Å². The van der Waals surface area contributed by atoms with E-state index in [1.807, 2.05) is 6.92 Å². The fourth-order valence-corrected chi connectivity index (χ4v) is 1.59. The first kappa shape index (κ1) is 11.9. The van der Waals surface area contributed by atoms with Crippen molar-refractivity contribution in [2.24, 2.45) is 0 Å². The van der Waals surface area contributed by atoms with Crippen LogP contribution in [0.1, 0.15) is 17.3 Å². The molecule has 0 spiro atoms. The van der Waals surface area contributed by atoms with Gasteiger partial charge in [-0.3, -0.25) is 0 Å². The van der Waals surface area contributed by atoms with Gasteiger partial charge in [0.25, 0.3) is 0 Å². The van der Waals surface area contributed by atoms with Crippen LogP contribution in [-0.2, 0) is 0 Å². The molecule has 0 bridgehead atoms. The maximum absolute atomic E-state index is 10.6. The number of anilines is 1. The molecule has 0 fully saturated rings. The van der Waals surface area contributed by atoms with Crippen LogP contribution >= 0.6 is 11.6 Å². The highest BCUT2D eigenvalue weighted by atomic mass is 35.5. The second kappa shape index (κ2) is 5.61. The van der Waals surface area contributed by atoms with E-state index in [1.54, 1.807) is 24.3 Å². The van der Waals surface area contributed by atoms with Gasteiger partial charge in [0, 0.05) is 24.7 Å². The zero-order chi connectivity index (χ0) is 11.3. The number of rotatable bonds is 5. The molecule has 0 saturated heterocycles. The van der Waals surface area contributed by atoms with Crippen LogP contribution in [-0.4, -0.2) is 30.0 Å². The van der Waals surface area contributed by atoms with Crippen molar-refractivity contribution in [1.82, 2.24) is 0 Å². The first-order chi connectivity index (χ1) is 7.19. The third-order valence-corrected chi connectivity index (χ3v) is 2.38. The summed E-state index contributed by atoms with van der Waals surface area (Å²) in [5, 5.41) is 8.74. The Morgan fingerprint density at radius 2 is 2.00 bits per heavy atom. The van der Waals surface area contributed by atoms with E-state index in [1.165, 1.54) is 0 Å². The molecule has 1 aromatic carbocycles. The van der Waals surface area contributed by atoms with Crippen LogP contribution < -0.4 is 4.90 Å². The van der Waals surface area contributed by atoms with E-state index >= 15 is 0 Å². The molecule has 1 N–H and O–H groups in total. The number of alkyl halides is 1. The van der Waals surface area contributed by atoms with Crippen molar-refractivity contribution >= 4 is 23.3 Å². The number of hydrogen-bond donors (Lipinski definition) is 1. The number of carboxylic acid groups (broad SMARTS) is 1. The molecule has 4 heteroatoms. The summed E-state index contributed by atoms with van der Waals surface area (Å²) in [7, 11) is 0. The van der Waals surface area contributed by atoms with Gasteiger partial charge in [0.2, 0.25) is 0 Å². The SMILES string of the molecule is CCN(CCCl)c1ccc(C(=O)O)cc1. The van der Waals surface area contributed by atoms with Crippen LogP contribution in [0.5, 0.6) is 0 Å². The maximum Gasteiger partial charge on any atom is 0.335 e. The monoisotopic (exact) mass is 227 g/mol. The quantitative estimate of drug-likeness (QED) is 0.786. The van der Waals surface area contributed by atoms with Gasteiger partial charge in [-0.15, -0.1) is 11.6 Å². The third-order valence-electron chi connectivity index (χ3n) is 2.22. The lowest BCUT2D eigenvalue weighted by molar-refractivity contribution is 0.0697. The normalized spacial score (nSPS) is 10.0. The summed E-state index contributed by atoms with van der Waals surface area (Å²) in [6, 6.07) is 6.82. The Morgan fingerprint density at radius 1 is 1.40 bits per heavy atom. The highest BCUT2D eigenvalue weighted by molar-refractivity contribution is 6.18. The summed E-state index contributed by atoms with van der Waals surface area (Å²) in [6.07, 6.45) is 0. The van der Waals surface area contributed by atoms with Gasteiger partial charge in [0.15, 0.2) is 0 Å². The molecular formula is C11H14ClNO2. The van der Waals surface area contributed by atoms with Gasteiger partial charge >= 0.3 is 5.97 Å². The molecule has 82 valence electrons. The van der Waals surface area contributed by atoms with E-state index in [4.69, 9.17) is 16.7 Å². The topological polar surface area (TPSA) is 40.5 Å². The summed E-state index contributed by atoms with van der Waals surface area (Å²) < 4.78 is 0. The van der Waals surface area contributed by atoms with E-state index in [9.17, 15) is 4.79 Å². The molecule has 1 aromatic rings. The lowest BCUT2D eigenvalue weighted by atomic mass is 10.2. The van der Waals surface area contributed by atoms with Crippen molar-refractivity contribution in [1.29, 1.82) is 0 Å². The van der Waals surface area contributed by atoms with Crippen LogP contribution in [0.25, 0.3) is 0 Å². The Balaban J connectivity index is 2.81. The van der Waals surface area contributed by atoms with E-state index in [2.05, 4.69) is 4.90 Å². The van der Waals surface area contributed by atoms with Crippen molar-refractivity contribution < 1.29 is 9.90 Å².